The third-order valence-electron chi connectivity index (χ3n) is 4.98. The second-order valence-corrected chi connectivity index (χ2v) is 7.81. The van der Waals surface area contributed by atoms with E-state index in [2.05, 4.69) is 6.07 Å². The number of para-hydroxylation sites is 1. The summed E-state index contributed by atoms with van der Waals surface area (Å²) in [5.41, 5.74) is 3.87. The van der Waals surface area contributed by atoms with E-state index in [1.165, 1.54) is 10.5 Å². The number of carbonyl (C=O) groups is 2. The summed E-state index contributed by atoms with van der Waals surface area (Å²) in [6.07, 6.45) is 0.860. The van der Waals surface area contributed by atoms with E-state index in [1.807, 2.05) is 49.1 Å². The molecule has 0 saturated carbocycles. The Balaban J connectivity index is 1.86. The molecule has 2 aromatic rings. The molecule has 0 bridgehead atoms. The first kappa shape index (κ1) is 17.8. The molecule has 27 heavy (non-hydrogen) atoms. The van der Waals surface area contributed by atoms with Crippen molar-refractivity contribution >= 4 is 34.7 Å². The van der Waals surface area contributed by atoms with Gasteiger partial charge in [-0.25, -0.2) is 0 Å². The summed E-state index contributed by atoms with van der Waals surface area (Å²) < 4.78 is 0. The van der Waals surface area contributed by atoms with Crippen molar-refractivity contribution in [2.24, 2.45) is 5.92 Å². The largest absolute Gasteiger partial charge is 0.336 e. The van der Waals surface area contributed by atoms with Gasteiger partial charge in [-0.15, -0.1) is 0 Å². The van der Waals surface area contributed by atoms with Gasteiger partial charge in [0.1, 0.15) is 5.70 Å². The average Bonchev–Trinajstić information content (AvgIpc) is 3.16. The predicted molar refractivity (Wildman–Crippen MR) is 107 cm³/mol. The lowest BCUT2D eigenvalue weighted by molar-refractivity contribution is -0.137. The van der Waals surface area contributed by atoms with Crippen LogP contribution in [-0.2, 0) is 16.0 Å². The highest BCUT2D eigenvalue weighted by molar-refractivity contribution is 6.37. The molecule has 0 atom stereocenters. The second-order valence-electron chi connectivity index (χ2n) is 7.38. The summed E-state index contributed by atoms with van der Waals surface area (Å²) in [5.74, 6) is -0.236. The molecule has 0 aliphatic carbocycles. The molecular formula is C22H21ClN2O2. The molecule has 0 N–H and O–H groups in total. The van der Waals surface area contributed by atoms with Crippen LogP contribution in [-0.4, -0.2) is 29.8 Å². The number of benzene rings is 2. The zero-order valence-electron chi connectivity index (χ0n) is 15.4. The lowest BCUT2D eigenvalue weighted by atomic mass is 10.0. The van der Waals surface area contributed by atoms with Crippen LogP contribution in [0.5, 0.6) is 0 Å². The van der Waals surface area contributed by atoms with Gasteiger partial charge in [0.2, 0.25) is 0 Å². The maximum atomic E-state index is 13.3. The highest BCUT2D eigenvalue weighted by Crippen LogP contribution is 2.38. The number of hydrogen-bond acceptors (Lipinski definition) is 3. The number of hydrogen-bond donors (Lipinski definition) is 0. The lowest BCUT2D eigenvalue weighted by Gasteiger charge is -2.22. The van der Waals surface area contributed by atoms with Crippen molar-refractivity contribution in [1.82, 2.24) is 4.90 Å². The smallest absolute Gasteiger partial charge is 0.278 e. The second kappa shape index (κ2) is 6.86. The fourth-order valence-corrected chi connectivity index (χ4v) is 3.92. The average molecular weight is 381 g/mol. The van der Waals surface area contributed by atoms with Gasteiger partial charge in [0.25, 0.3) is 11.8 Å². The van der Waals surface area contributed by atoms with E-state index in [-0.39, 0.29) is 17.7 Å². The van der Waals surface area contributed by atoms with E-state index < -0.39 is 0 Å². The quantitative estimate of drug-likeness (QED) is 0.748. The number of anilines is 1. The first-order chi connectivity index (χ1) is 13.0. The summed E-state index contributed by atoms with van der Waals surface area (Å²) in [7, 11) is 0. The highest BCUT2D eigenvalue weighted by Gasteiger charge is 2.43. The Bertz CT molecular complexity index is 947. The van der Waals surface area contributed by atoms with Crippen LogP contribution in [0.25, 0.3) is 5.57 Å². The van der Waals surface area contributed by atoms with Crippen LogP contribution >= 0.6 is 11.6 Å². The SMILES string of the molecule is CC(C)CN1C(=O)C(c2ccc(Cl)cc2)=C(N2CCc3ccccc32)C1=O. The number of fused-ring (bicyclic) bond motifs is 1. The van der Waals surface area contributed by atoms with E-state index >= 15 is 0 Å². The molecule has 0 radical (unpaired) electrons. The molecule has 4 nitrogen and oxygen atoms in total. The van der Waals surface area contributed by atoms with Gasteiger partial charge in [0, 0.05) is 23.8 Å². The molecule has 0 spiro atoms. The summed E-state index contributed by atoms with van der Waals surface area (Å²) in [4.78, 5) is 29.9. The minimum absolute atomic E-state index is 0.203. The topological polar surface area (TPSA) is 40.6 Å². The number of carbonyl (C=O) groups excluding carboxylic acids is 2. The Hall–Kier alpha value is -2.59. The molecule has 0 saturated heterocycles. The Morgan fingerprint density at radius 3 is 2.41 bits per heavy atom. The standard InChI is InChI=1S/C22H21ClN2O2/c1-14(2)13-25-21(26)19(16-7-9-17(23)10-8-16)20(22(25)27)24-12-11-15-5-3-4-6-18(15)24/h3-10,14H,11-13H2,1-2H3. The van der Waals surface area contributed by atoms with Gasteiger partial charge in [-0.05, 0) is 41.7 Å². The van der Waals surface area contributed by atoms with E-state index in [4.69, 9.17) is 11.6 Å². The van der Waals surface area contributed by atoms with E-state index in [0.717, 1.165) is 17.7 Å². The predicted octanol–water partition coefficient (Wildman–Crippen LogP) is 4.14. The maximum Gasteiger partial charge on any atom is 0.278 e. The van der Waals surface area contributed by atoms with Crippen molar-refractivity contribution in [3.05, 3.63) is 70.4 Å². The minimum atomic E-state index is -0.226. The minimum Gasteiger partial charge on any atom is -0.336 e. The molecule has 2 aliphatic heterocycles. The summed E-state index contributed by atoms with van der Waals surface area (Å²) >= 11 is 6.02. The molecule has 0 fully saturated rings. The summed E-state index contributed by atoms with van der Waals surface area (Å²) in [5, 5.41) is 0.600. The van der Waals surface area contributed by atoms with Crippen molar-refractivity contribution < 1.29 is 9.59 Å². The van der Waals surface area contributed by atoms with E-state index in [1.54, 1.807) is 12.1 Å². The van der Waals surface area contributed by atoms with Crippen LogP contribution in [0.2, 0.25) is 5.02 Å². The normalized spacial score (nSPS) is 16.7. The molecule has 2 aromatic carbocycles. The molecule has 2 aliphatic rings. The number of halogens is 1. The van der Waals surface area contributed by atoms with Crippen molar-refractivity contribution in [3.8, 4) is 0 Å². The molecule has 138 valence electrons. The van der Waals surface area contributed by atoms with Crippen LogP contribution in [0, 0.1) is 5.92 Å². The Kier molecular flexibility index (Phi) is 4.52. The van der Waals surface area contributed by atoms with Crippen LogP contribution in [0.1, 0.15) is 25.0 Å². The van der Waals surface area contributed by atoms with Gasteiger partial charge in [0.15, 0.2) is 0 Å². The third-order valence-corrected chi connectivity index (χ3v) is 5.23. The van der Waals surface area contributed by atoms with Crippen molar-refractivity contribution in [2.75, 3.05) is 18.0 Å². The third kappa shape index (κ3) is 3.04. The first-order valence-electron chi connectivity index (χ1n) is 9.19. The first-order valence-corrected chi connectivity index (χ1v) is 9.57. The van der Waals surface area contributed by atoms with Gasteiger partial charge in [0.05, 0.1) is 5.57 Å². The number of amides is 2. The van der Waals surface area contributed by atoms with Crippen molar-refractivity contribution in [1.29, 1.82) is 0 Å². The van der Waals surface area contributed by atoms with E-state index in [0.29, 0.717) is 29.4 Å². The van der Waals surface area contributed by atoms with Crippen LogP contribution < -0.4 is 4.90 Å². The van der Waals surface area contributed by atoms with Crippen molar-refractivity contribution in [3.63, 3.8) is 0 Å². The monoisotopic (exact) mass is 380 g/mol. The molecule has 2 amide bonds. The molecule has 2 heterocycles. The van der Waals surface area contributed by atoms with E-state index in [9.17, 15) is 9.59 Å². The summed E-state index contributed by atoms with van der Waals surface area (Å²) in [6, 6.07) is 15.2. The van der Waals surface area contributed by atoms with Crippen LogP contribution in [0.3, 0.4) is 0 Å². The Morgan fingerprint density at radius 2 is 1.70 bits per heavy atom. The maximum absolute atomic E-state index is 13.3. The molecule has 0 aromatic heterocycles. The molecule has 0 unspecified atom stereocenters. The van der Waals surface area contributed by atoms with Crippen LogP contribution in [0.15, 0.2) is 54.2 Å². The molecule has 4 rings (SSSR count). The summed E-state index contributed by atoms with van der Waals surface area (Å²) in [6.45, 7) is 5.12. The van der Waals surface area contributed by atoms with Crippen LogP contribution in [0.4, 0.5) is 5.69 Å². The Labute approximate surface area is 164 Å². The number of nitrogens with zero attached hydrogens (tertiary/aromatic N) is 2. The number of imide groups is 1. The zero-order valence-corrected chi connectivity index (χ0v) is 16.2. The fraction of sp³-hybridized carbons (Fsp3) is 0.273. The highest BCUT2D eigenvalue weighted by atomic mass is 35.5. The van der Waals surface area contributed by atoms with Gasteiger partial charge >= 0.3 is 0 Å². The van der Waals surface area contributed by atoms with Gasteiger partial charge in [-0.1, -0.05) is 55.8 Å². The Morgan fingerprint density at radius 1 is 1.00 bits per heavy atom. The zero-order chi connectivity index (χ0) is 19.1. The number of rotatable bonds is 4. The molecular weight excluding hydrogens is 360 g/mol. The van der Waals surface area contributed by atoms with Gasteiger partial charge < -0.3 is 4.90 Å². The van der Waals surface area contributed by atoms with Gasteiger partial charge in [-0.3, -0.25) is 14.5 Å². The van der Waals surface area contributed by atoms with Gasteiger partial charge in [-0.2, -0.15) is 0 Å². The lowest BCUT2D eigenvalue weighted by Crippen LogP contribution is -2.37. The fourth-order valence-electron chi connectivity index (χ4n) is 3.79. The van der Waals surface area contributed by atoms with Crippen molar-refractivity contribution in [2.45, 2.75) is 20.3 Å². The molecule has 5 heteroatoms.